The summed E-state index contributed by atoms with van der Waals surface area (Å²) in [5.74, 6) is 0. The second-order valence-corrected chi connectivity index (χ2v) is 7.01. The molecule has 1 heterocycles. The minimum absolute atomic E-state index is 0.0682. The zero-order chi connectivity index (χ0) is 15.9. The number of amides is 2. The summed E-state index contributed by atoms with van der Waals surface area (Å²) in [4.78, 5) is 13.0. The van der Waals surface area contributed by atoms with Gasteiger partial charge in [-0.3, -0.25) is 0 Å². The summed E-state index contributed by atoms with van der Waals surface area (Å²) < 4.78 is 0.728. The third-order valence-corrected chi connectivity index (χ3v) is 4.81. The molecule has 1 aromatic carbocycles. The lowest BCUT2D eigenvalue weighted by Crippen LogP contribution is -2.30. The first kappa shape index (κ1) is 16.8. The molecule has 0 unspecified atom stereocenters. The number of hydrogen-bond donors (Lipinski definition) is 2. The van der Waals surface area contributed by atoms with Gasteiger partial charge in [-0.2, -0.15) is 0 Å². The molecule has 118 valence electrons. The molecule has 0 saturated carbocycles. The third-order valence-electron chi connectivity index (χ3n) is 3.40. The van der Waals surface area contributed by atoms with Crippen LogP contribution < -0.4 is 10.6 Å². The summed E-state index contributed by atoms with van der Waals surface area (Å²) in [5, 5.41) is 5.76. The van der Waals surface area contributed by atoms with Gasteiger partial charge in [-0.15, -0.1) is 11.3 Å². The summed E-state index contributed by atoms with van der Waals surface area (Å²) in [5.41, 5.74) is 2.10. The molecule has 0 aliphatic carbocycles. The van der Waals surface area contributed by atoms with Crippen LogP contribution in [-0.2, 0) is 6.42 Å². The van der Waals surface area contributed by atoms with E-state index in [0.29, 0.717) is 0 Å². The van der Waals surface area contributed by atoms with E-state index in [9.17, 15) is 4.79 Å². The first-order valence-electron chi connectivity index (χ1n) is 7.50. The van der Waals surface area contributed by atoms with Crippen LogP contribution in [0.4, 0.5) is 10.5 Å². The van der Waals surface area contributed by atoms with E-state index in [-0.39, 0.29) is 12.1 Å². The molecule has 0 bridgehead atoms. The summed E-state index contributed by atoms with van der Waals surface area (Å²) in [7, 11) is 0. The SMILES string of the molecule is CCCCc1ccc(NC(=O)N[C@H](C)c2ccc(Cl)s2)cc1. The van der Waals surface area contributed by atoms with Gasteiger partial charge in [0.1, 0.15) is 0 Å². The van der Waals surface area contributed by atoms with Crippen molar-refractivity contribution in [2.75, 3.05) is 5.32 Å². The summed E-state index contributed by atoms with van der Waals surface area (Å²) in [6.07, 6.45) is 3.46. The largest absolute Gasteiger partial charge is 0.331 e. The van der Waals surface area contributed by atoms with E-state index in [2.05, 4.69) is 29.7 Å². The maximum Gasteiger partial charge on any atom is 0.319 e. The van der Waals surface area contributed by atoms with Crippen molar-refractivity contribution >= 4 is 34.7 Å². The van der Waals surface area contributed by atoms with Crippen LogP contribution in [0.5, 0.6) is 0 Å². The van der Waals surface area contributed by atoms with Crippen LogP contribution in [0.25, 0.3) is 0 Å². The smallest absolute Gasteiger partial charge is 0.319 e. The zero-order valence-electron chi connectivity index (χ0n) is 12.9. The molecule has 3 nitrogen and oxygen atoms in total. The Morgan fingerprint density at radius 1 is 1.23 bits per heavy atom. The van der Waals surface area contributed by atoms with E-state index in [0.717, 1.165) is 21.3 Å². The molecule has 2 aromatic rings. The molecule has 0 spiro atoms. The van der Waals surface area contributed by atoms with Gasteiger partial charge in [-0.05, 0) is 49.6 Å². The summed E-state index contributed by atoms with van der Waals surface area (Å²) in [6, 6.07) is 11.5. The average molecular weight is 337 g/mol. The Morgan fingerprint density at radius 2 is 1.95 bits per heavy atom. The molecule has 5 heteroatoms. The predicted molar refractivity (Wildman–Crippen MR) is 95.0 cm³/mol. The lowest BCUT2D eigenvalue weighted by Gasteiger charge is -2.13. The fraction of sp³-hybridized carbons (Fsp3) is 0.353. The van der Waals surface area contributed by atoms with Crippen LogP contribution in [0.1, 0.15) is 43.2 Å². The number of urea groups is 1. The van der Waals surface area contributed by atoms with Gasteiger partial charge in [-0.1, -0.05) is 37.1 Å². The number of nitrogens with one attached hydrogen (secondary N) is 2. The first-order valence-corrected chi connectivity index (χ1v) is 8.69. The maximum absolute atomic E-state index is 12.0. The molecule has 0 radical (unpaired) electrons. The number of benzene rings is 1. The molecular weight excluding hydrogens is 316 g/mol. The van der Waals surface area contributed by atoms with Crippen molar-refractivity contribution in [3.63, 3.8) is 0 Å². The number of thiophene rings is 1. The van der Waals surface area contributed by atoms with Gasteiger partial charge in [-0.25, -0.2) is 4.79 Å². The van der Waals surface area contributed by atoms with E-state index in [1.807, 2.05) is 31.2 Å². The molecule has 0 saturated heterocycles. The number of aryl methyl sites for hydroxylation is 1. The van der Waals surface area contributed by atoms with Crippen molar-refractivity contribution in [3.05, 3.63) is 51.2 Å². The van der Waals surface area contributed by atoms with Crippen LogP contribution >= 0.6 is 22.9 Å². The Hall–Kier alpha value is -1.52. The van der Waals surface area contributed by atoms with E-state index < -0.39 is 0 Å². The highest BCUT2D eigenvalue weighted by Crippen LogP contribution is 2.26. The number of anilines is 1. The van der Waals surface area contributed by atoms with Crippen LogP contribution in [0.3, 0.4) is 0 Å². The molecule has 0 aliphatic heterocycles. The molecule has 0 aliphatic rings. The maximum atomic E-state index is 12.0. The second kappa shape index (κ2) is 8.20. The number of carbonyl (C=O) groups is 1. The van der Waals surface area contributed by atoms with Crippen molar-refractivity contribution in [3.8, 4) is 0 Å². The third kappa shape index (κ3) is 5.04. The fourth-order valence-electron chi connectivity index (χ4n) is 2.13. The lowest BCUT2D eigenvalue weighted by atomic mass is 10.1. The predicted octanol–water partition coefficient (Wildman–Crippen LogP) is 5.63. The van der Waals surface area contributed by atoms with Crippen molar-refractivity contribution in [2.24, 2.45) is 0 Å². The van der Waals surface area contributed by atoms with Crippen molar-refractivity contribution in [2.45, 2.75) is 39.2 Å². The lowest BCUT2D eigenvalue weighted by molar-refractivity contribution is 0.249. The van der Waals surface area contributed by atoms with Crippen molar-refractivity contribution in [1.82, 2.24) is 5.32 Å². The Morgan fingerprint density at radius 3 is 2.55 bits per heavy atom. The molecule has 2 rings (SSSR count). The molecular formula is C17H21ClN2OS. The van der Waals surface area contributed by atoms with Gasteiger partial charge in [0.05, 0.1) is 10.4 Å². The molecule has 2 N–H and O–H groups in total. The van der Waals surface area contributed by atoms with Crippen LogP contribution in [0.2, 0.25) is 4.34 Å². The standard InChI is InChI=1S/C17H21ClN2OS/c1-3-4-5-13-6-8-14(9-7-13)20-17(21)19-12(2)15-10-11-16(18)22-15/h6-12H,3-5H2,1-2H3,(H2,19,20,21)/t12-/m1/s1. The molecule has 1 aromatic heterocycles. The highest BCUT2D eigenvalue weighted by molar-refractivity contribution is 7.16. The normalized spacial score (nSPS) is 12.0. The first-order chi connectivity index (χ1) is 10.6. The minimum Gasteiger partial charge on any atom is -0.331 e. The van der Waals surface area contributed by atoms with E-state index in [1.54, 1.807) is 0 Å². The topological polar surface area (TPSA) is 41.1 Å². The number of halogens is 1. The quantitative estimate of drug-likeness (QED) is 0.705. The minimum atomic E-state index is -0.210. The highest BCUT2D eigenvalue weighted by Gasteiger charge is 2.11. The second-order valence-electron chi connectivity index (χ2n) is 5.26. The highest BCUT2D eigenvalue weighted by atomic mass is 35.5. The summed E-state index contributed by atoms with van der Waals surface area (Å²) >= 11 is 7.39. The van der Waals surface area contributed by atoms with Gasteiger partial charge < -0.3 is 10.6 Å². The van der Waals surface area contributed by atoms with Gasteiger partial charge in [0.25, 0.3) is 0 Å². The zero-order valence-corrected chi connectivity index (χ0v) is 14.4. The molecule has 1 atom stereocenters. The van der Waals surface area contributed by atoms with Gasteiger partial charge >= 0.3 is 6.03 Å². The molecule has 22 heavy (non-hydrogen) atoms. The monoisotopic (exact) mass is 336 g/mol. The Kier molecular flexibility index (Phi) is 6.28. The molecule has 0 fully saturated rings. The van der Waals surface area contributed by atoms with Crippen molar-refractivity contribution in [1.29, 1.82) is 0 Å². The Bertz CT molecular complexity index is 609. The van der Waals surface area contributed by atoms with Crippen molar-refractivity contribution < 1.29 is 4.79 Å². The number of unbranched alkanes of at least 4 members (excludes halogenated alkanes) is 1. The Labute approximate surface area is 140 Å². The molecule has 2 amide bonds. The number of carbonyl (C=O) groups excluding carboxylic acids is 1. The average Bonchev–Trinajstić information content (AvgIpc) is 2.93. The van der Waals surface area contributed by atoms with Gasteiger partial charge in [0.15, 0.2) is 0 Å². The number of hydrogen-bond acceptors (Lipinski definition) is 2. The van der Waals surface area contributed by atoms with E-state index in [1.165, 1.54) is 29.7 Å². The summed E-state index contributed by atoms with van der Waals surface area (Å²) in [6.45, 7) is 4.12. The van der Waals surface area contributed by atoms with Crippen LogP contribution in [0.15, 0.2) is 36.4 Å². The van der Waals surface area contributed by atoms with E-state index >= 15 is 0 Å². The van der Waals surface area contributed by atoms with Gasteiger partial charge in [0, 0.05) is 10.6 Å². The van der Waals surface area contributed by atoms with Crippen LogP contribution in [0, 0.1) is 0 Å². The number of rotatable bonds is 6. The Balaban J connectivity index is 1.86. The fourth-order valence-corrected chi connectivity index (χ4v) is 3.19. The van der Waals surface area contributed by atoms with E-state index in [4.69, 9.17) is 11.6 Å². The van der Waals surface area contributed by atoms with Crippen LogP contribution in [-0.4, -0.2) is 6.03 Å². The van der Waals surface area contributed by atoms with Gasteiger partial charge in [0.2, 0.25) is 0 Å².